The predicted octanol–water partition coefficient (Wildman–Crippen LogP) is 5.62. The number of allylic oxidation sites excluding steroid dienone is 1. The molecule has 1 aromatic carbocycles. The van der Waals surface area contributed by atoms with Gasteiger partial charge in [-0.05, 0) is 56.0 Å². The van der Waals surface area contributed by atoms with Crippen molar-refractivity contribution in [1.82, 2.24) is 5.32 Å². The highest BCUT2D eigenvalue weighted by Crippen LogP contribution is 2.37. The molecule has 0 heterocycles. The lowest BCUT2D eigenvalue weighted by Crippen LogP contribution is -2.24. The molecule has 1 N–H and O–H groups in total. The minimum atomic E-state index is -4.31. The molecule has 5 heteroatoms. The van der Waals surface area contributed by atoms with Crippen LogP contribution < -0.4 is 5.32 Å². The van der Waals surface area contributed by atoms with Crippen molar-refractivity contribution < 1.29 is 13.2 Å². The van der Waals surface area contributed by atoms with Crippen LogP contribution in [0.2, 0.25) is 0 Å². The number of alkyl halides is 3. The van der Waals surface area contributed by atoms with Gasteiger partial charge in [0.05, 0.1) is 11.6 Å². The van der Waals surface area contributed by atoms with E-state index in [1.54, 1.807) is 0 Å². The zero-order chi connectivity index (χ0) is 15.5. The maximum Gasteiger partial charge on any atom is 0.416 e. The number of hydrogen-bond acceptors (Lipinski definition) is 1. The van der Waals surface area contributed by atoms with Crippen LogP contribution in [0, 0.1) is 0 Å². The third kappa shape index (κ3) is 4.10. The predicted molar refractivity (Wildman–Crippen MR) is 82.1 cm³/mol. The molecular formula is C16H19BrF3N. The largest absolute Gasteiger partial charge is 0.416 e. The van der Waals surface area contributed by atoms with E-state index >= 15 is 0 Å². The number of rotatable bonds is 4. The standard InChI is InChI=1S/C16H19BrF3N/c1-2-21-15(11-6-4-3-5-7-11)13-10-12(16(18,19)20)8-9-14(13)17/h6,8-10,15,21H,2-5,7H2,1H3. The maximum atomic E-state index is 12.9. The zero-order valence-corrected chi connectivity index (χ0v) is 13.5. The van der Waals surface area contributed by atoms with Crippen molar-refractivity contribution in [3.8, 4) is 0 Å². The number of likely N-dealkylation sites (N-methyl/N-ethyl adjacent to an activating group) is 1. The SMILES string of the molecule is CCNC(C1=CCCCC1)c1cc(C(F)(F)F)ccc1Br. The first-order valence-corrected chi connectivity index (χ1v) is 8.01. The van der Waals surface area contributed by atoms with Gasteiger partial charge in [0.1, 0.15) is 0 Å². The van der Waals surface area contributed by atoms with Crippen molar-refractivity contribution in [3.05, 3.63) is 45.4 Å². The second-order valence-corrected chi connectivity index (χ2v) is 6.10. The summed E-state index contributed by atoms with van der Waals surface area (Å²) in [6, 6.07) is 3.72. The smallest absolute Gasteiger partial charge is 0.307 e. The van der Waals surface area contributed by atoms with Gasteiger partial charge in [0.15, 0.2) is 0 Å². The monoisotopic (exact) mass is 361 g/mol. The Hall–Kier alpha value is -0.810. The molecule has 1 aliphatic carbocycles. The fourth-order valence-corrected chi connectivity index (χ4v) is 3.19. The average molecular weight is 362 g/mol. The third-order valence-electron chi connectivity index (χ3n) is 3.74. The Morgan fingerprint density at radius 1 is 1.29 bits per heavy atom. The second-order valence-electron chi connectivity index (χ2n) is 5.25. The van der Waals surface area contributed by atoms with E-state index in [-0.39, 0.29) is 6.04 Å². The van der Waals surface area contributed by atoms with E-state index in [0.29, 0.717) is 16.6 Å². The summed E-state index contributed by atoms with van der Waals surface area (Å²) in [7, 11) is 0. The maximum absolute atomic E-state index is 12.9. The number of hydrogen-bond donors (Lipinski definition) is 1. The normalized spacial score (nSPS) is 17.5. The van der Waals surface area contributed by atoms with Crippen molar-refractivity contribution in [2.75, 3.05) is 6.54 Å². The van der Waals surface area contributed by atoms with E-state index in [9.17, 15) is 13.2 Å². The van der Waals surface area contributed by atoms with Crippen LogP contribution in [0.25, 0.3) is 0 Å². The molecule has 1 atom stereocenters. The van der Waals surface area contributed by atoms with Crippen molar-refractivity contribution in [2.45, 2.75) is 44.8 Å². The first-order chi connectivity index (χ1) is 9.93. The summed E-state index contributed by atoms with van der Waals surface area (Å²) >= 11 is 3.40. The third-order valence-corrected chi connectivity index (χ3v) is 4.46. The molecule has 1 unspecified atom stereocenters. The first kappa shape index (κ1) is 16.6. The van der Waals surface area contributed by atoms with Crippen molar-refractivity contribution in [3.63, 3.8) is 0 Å². The van der Waals surface area contributed by atoms with Gasteiger partial charge < -0.3 is 5.32 Å². The second kappa shape index (κ2) is 6.97. The summed E-state index contributed by atoms with van der Waals surface area (Å²) < 4.78 is 39.5. The highest BCUT2D eigenvalue weighted by atomic mass is 79.9. The van der Waals surface area contributed by atoms with Crippen LogP contribution in [-0.2, 0) is 6.18 Å². The molecule has 0 bridgehead atoms. The van der Waals surface area contributed by atoms with Gasteiger partial charge in [0, 0.05) is 4.47 Å². The summed E-state index contributed by atoms with van der Waals surface area (Å²) in [5, 5.41) is 3.32. The van der Waals surface area contributed by atoms with Gasteiger partial charge in [-0.1, -0.05) is 34.5 Å². The molecule has 1 nitrogen and oxygen atoms in total. The Balaban J connectivity index is 2.41. The van der Waals surface area contributed by atoms with Gasteiger partial charge in [-0.2, -0.15) is 13.2 Å². The fraction of sp³-hybridized carbons (Fsp3) is 0.500. The molecule has 0 aliphatic heterocycles. The molecule has 116 valence electrons. The quantitative estimate of drug-likeness (QED) is 0.686. The Morgan fingerprint density at radius 2 is 2.05 bits per heavy atom. The van der Waals surface area contributed by atoms with Crippen LogP contribution in [0.4, 0.5) is 13.2 Å². The van der Waals surface area contributed by atoms with Gasteiger partial charge in [0.25, 0.3) is 0 Å². The lowest BCUT2D eigenvalue weighted by molar-refractivity contribution is -0.137. The summed E-state index contributed by atoms with van der Waals surface area (Å²) in [5.74, 6) is 0. The molecule has 0 saturated heterocycles. The Labute approximate surface area is 131 Å². The van der Waals surface area contributed by atoms with Crippen molar-refractivity contribution in [1.29, 1.82) is 0 Å². The molecular weight excluding hydrogens is 343 g/mol. The molecule has 1 aliphatic rings. The molecule has 0 radical (unpaired) electrons. The van der Waals surface area contributed by atoms with Crippen LogP contribution in [0.15, 0.2) is 34.3 Å². The number of halogens is 4. The van der Waals surface area contributed by atoms with Crippen LogP contribution >= 0.6 is 15.9 Å². The van der Waals surface area contributed by atoms with E-state index in [4.69, 9.17) is 0 Å². The Morgan fingerprint density at radius 3 is 2.62 bits per heavy atom. The van der Waals surface area contributed by atoms with Crippen molar-refractivity contribution in [2.24, 2.45) is 0 Å². The van der Waals surface area contributed by atoms with Crippen LogP contribution in [-0.4, -0.2) is 6.54 Å². The topological polar surface area (TPSA) is 12.0 Å². The average Bonchev–Trinajstić information content (AvgIpc) is 2.45. The lowest BCUT2D eigenvalue weighted by Gasteiger charge is -2.26. The molecule has 0 amide bonds. The summed E-state index contributed by atoms with van der Waals surface area (Å²) in [6.07, 6.45) is 2.07. The molecule has 0 spiro atoms. The molecule has 0 fully saturated rings. The molecule has 1 aromatic rings. The van der Waals surface area contributed by atoms with Crippen LogP contribution in [0.5, 0.6) is 0 Å². The highest BCUT2D eigenvalue weighted by molar-refractivity contribution is 9.10. The Bertz CT molecular complexity index is 523. The van der Waals surface area contributed by atoms with E-state index < -0.39 is 11.7 Å². The van der Waals surface area contributed by atoms with Crippen LogP contribution in [0.1, 0.15) is 49.8 Å². The van der Waals surface area contributed by atoms with Gasteiger partial charge in [-0.3, -0.25) is 0 Å². The highest BCUT2D eigenvalue weighted by Gasteiger charge is 2.32. The minimum absolute atomic E-state index is 0.146. The lowest BCUT2D eigenvalue weighted by atomic mass is 9.89. The first-order valence-electron chi connectivity index (χ1n) is 7.22. The van der Waals surface area contributed by atoms with Crippen molar-refractivity contribution >= 4 is 15.9 Å². The van der Waals surface area contributed by atoms with Crippen LogP contribution in [0.3, 0.4) is 0 Å². The van der Waals surface area contributed by atoms with E-state index in [1.807, 2.05) is 6.92 Å². The van der Waals surface area contributed by atoms with Gasteiger partial charge in [-0.15, -0.1) is 0 Å². The molecule has 2 rings (SSSR count). The zero-order valence-electron chi connectivity index (χ0n) is 11.9. The molecule has 0 saturated carbocycles. The van der Waals surface area contributed by atoms with E-state index in [2.05, 4.69) is 27.3 Å². The van der Waals surface area contributed by atoms with Gasteiger partial charge >= 0.3 is 6.18 Å². The minimum Gasteiger partial charge on any atom is -0.307 e. The van der Waals surface area contributed by atoms with Gasteiger partial charge in [-0.25, -0.2) is 0 Å². The fourth-order valence-electron chi connectivity index (χ4n) is 2.71. The summed E-state index contributed by atoms with van der Waals surface area (Å²) in [4.78, 5) is 0. The molecule has 21 heavy (non-hydrogen) atoms. The summed E-state index contributed by atoms with van der Waals surface area (Å²) in [5.41, 5.74) is 1.27. The van der Waals surface area contributed by atoms with Gasteiger partial charge in [0.2, 0.25) is 0 Å². The van der Waals surface area contributed by atoms with E-state index in [1.165, 1.54) is 17.7 Å². The number of nitrogens with one attached hydrogen (secondary N) is 1. The molecule has 0 aromatic heterocycles. The number of benzene rings is 1. The Kier molecular flexibility index (Phi) is 5.49. The van der Waals surface area contributed by atoms with E-state index in [0.717, 1.165) is 31.7 Å². The summed E-state index contributed by atoms with van der Waals surface area (Å²) in [6.45, 7) is 2.68.